The summed E-state index contributed by atoms with van der Waals surface area (Å²) in [7, 11) is 1.63. The zero-order valence-electron chi connectivity index (χ0n) is 15.8. The molecule has 0 atom stereocenters. The van der Waals surface area contributed by atoms with E-state index in [0.29, 0.717) is 40.0 Å². The Morgan fingerprint density at radius 1 is 1.17 bits per heavy atom. The van der Waals surface area contributed by atoms with Crippen molar-refractivity contribution in [2.75, 3.05) is 7.11 Å². The summed E-state index contributed by atoms with van der Waals surface area (Å²) in [6, 6.07) is 15.0. The molecule has 0 unspecified atom stereocenters. The largest absolute Gasteiger partial charge is 0.496 e. The lowest BCUT2D eigenvalue weighted by molar-refractivity contribution is 0.416. The van der Waals surface area contributed by atoms with Crippen LogP contribution < -0.4 is 10.3 Å². The monoisotopic (exact) mass is 405 g/mol. The minimum atomic E-state index is -0.145. The molecule has 8 heteroatoms. The van der Waals surface area contributed by atoms with Crippen LogP contribution in [0.3, 0.4) is 0 Å². The Kier molecular flexibility index (Phi) is 5.44. The normalized spacial score (nSPS) is 10.9. The average Bonchev–Trinajstić information content (AvgIpc) is 3.15. The van der Waals surface area contributed by atoms with E-state index in [0.717, 1.165) is 11.3 Å². The number of nitrogens with one attached hydrogen (secondary N) is 1. The van der Waals surface area contributed by atoms with Gasteiger partial charge in [-0.15, -0.1) is 16.8 Å². The quantitative estimate of drug-likeness (QED) is 0.373. The zero-order chi connectivity index (χ0) is 20.2. The van der Waals surface area contributed by atoms with Crippen LogP contribution in [0.1, 0.15) is 5.82 Å². The molecule has 29 heavy (non-hydrogen) atoms. The number of ether oxygens (including phenoxy) is 1. The van der Waals surface area contributed by atoms with Gasteiger partial charge in [0.1, 0.15) is 11.6 Å². The van der Waals surface area contributed by atoms with Gasteiger partial charge in [0.25, 0.3) is 5.56 Å². The predicted octanol–water partition coefficient (Wildman–Crippen LogP) is 3.67. The Morgan fingerprint density at radius 3 is 2.79 bits per heavy atom. The maximum atomic E-state index is 12.3. The molecule has 0 amide bonds. The number of thioether (sulfide) groups is 1. The number of nitrogens with zero attached hydrogens (tertiary/aromatic N) is 4. The molecule has 0 fully saturated rings. The van der Waals surface area contributed by atoms with Crippen molar-refractivity contribution in [3.63, 3.8) is 0 Å². The van der Waals surface area contributed by atoms with Crippen molar-refractivity contribution >= 4 is 22.7 Å². The van der Waals surface area contributed by atoms with Crippen LogP contribution in [0.25, 0.3) is 22.3 Å². The first-order chi connectivity index (χ1) is 14.2. The number of fused-ring (bicyclic) bond motifs is 1. The number of hydrogen-bond acceptors (Lipinski definition) is 6. The number of rotatable bonds is 7. The molecule has 146 valence electrons. The van der Waals surface area contributed by atoms with E-state index in [9.17, 15) is 4.79 Å². The van der Waals surface area contributed by atoms with Gasteiger partial charge in [-0.1, -0.05) is 42.1 Å². The van der Waals surface area contributed by atoms with Gasteiger partial charge in [0, 0.05) is 6.54 Å². The van der Waals surface area contributed by atoms with Crippen molar-refractivity contribution in [3.05, 3.63) is 77.4 Å². The van der Waals surface area contributed by atoms with Gasteiger partial charge in [-0.2, -0.15) is 0 Å². The smallest absolute Gasteiger partial charge is 0.258 e. The molecule has 4 aromatic rings. The lowest BCUT2D eigenvalue weighted by atomic mass is 10.2. The van der Waals surface area contributed by atoms with E-state index >= 15 is 0 Å². The van der Waals surface area contributed by atoms with E-state index in [1.165, 1.54) is 11.8 Å². The lowest BCUT2D eigenvalue weighted by Gasteiger charge is -2.10. The number of allylic oxidation sites excluding steroid dienone is 1. The molecule has 0 aliphatic heterocycles. The Hall–Kier alpha value is -3.39. The molecule has 2 heterocycles. The van der Waals surface area contributed by atoms with Crippen LogP contribution in [-0.2, 0) is 12.3 Å². The molecular formula is C21H19N5O2S. The van der Waals surface area contributed by atoms with E-state index in [-0.39, 0.29) is 5.56 Å². The van der Waals surface area contributed by atoms with E-state index < -0.39 is 0 Å². The summed E-state index contributed by atoms with van der Waals surface area (Å²) in [6.45, 7) is 4.39. The number of H-pyrrole nitrogens is 1. The van der Waals surface area contributed by atoms with Crippen molar-refractivity contribution in [2.24, 2.45) is 0 Å². The Bertz CT molecular complexity index is 1230. The maximum absolute atomic E-state index is 12.3. The fraction of sp³-hybridized carbons (Fsp3) is 0.143. The van der Waals surface area contributed by atoms with Gasteiger partial charge in [0.15, 0.2) is 11.0 Å². The fourth-order valence-corrected chi connectivity index (χ4v) is 3.87. The molecule has 1 N–H and O–H groups in total. The van der Waals surface area contributed by atoms with Gasteiger partial charge in [-0.3, -0.25) is 9.36 Å². The number of para-hydroxylation sites is 2. The van der Waals surface area contributed by atoms with E-state index in [1.807, 2.05) is 47.0 Å². The minimum absolute atomic E-state index is 0.145. The number of benzene rings is 2. The van der Waals surface area contributed by atoms with Crippen LogP contribution in [0.15, 0.2) is 71.1 Å². The second-order valence-corrected chi connectivity index (χ2v) is 7.17. The van der Waals surface area contributed by atoms with Gasteiger partial charge in [0.05, 0.1) is 29.3 Å². The molecule has 0 saturated carbocycles. The van der Waals surface area contributed by atoms with E-state index in [2.05, 4.69) is 26.7 Å². The summed E-state index contributed by atoms with van der Waals surface area (Å²) in [6.07, 6.45) is 1.79. The van der Waals surface area contributed by atoms with Crippen LogP contribution in [0.4, 0.5) is 0 Å². The highest BCUT2D eigenvalue weighted by Gasteiger charge is 2.17. The fourth-order valence-electron chi connectivity index (χ4n) is 3.05. The number of aromatic amines is 1. The number of hydrogen-bond donors (Lipinski definition) is 1. The summed E-state index contributed by atoms with van der Waals surface area (Å²) in [4.78, 5) is 19.7. The maximum Gasteiger partial charge on any atom is 0.258 e. The number of aromatic nitrogens is 5. The summed E-state index contributed by atoms with van der Waals surface area (Å²) in [5.74, 6) is 2.47. The van der Waals surface area contributed by atoms with Gasteiger partial charge in [-0.05, 0) is 24.3 Å². The van der Waals surface area contributed by atoms with E-state index in [4.69, 9.17) is 4.74 Å². The molecule has 0 aliphatic rings. The van der Waals surface area contributed by atoms with Gasteiger partial charge in [-0.25, -0.2) is 4.98 Å². The molecule has 0 radical (unpaired) electrons. The van der Waals surface area contributed by atoms with Crippen LogP contribution in [0, 0.1) is 0 Å². The summed E-state index contributed by atoms with van der Waals surface area (Å²) in [5.41, 5.74) is 1.39. The van der Waals surface area contributed by atoms with Crippen molar-refractivity contribution in [1.82, 2.24) is 24.7 Å². The Morgan fingerprint density at radius 2 is 1.97 bits per heavy atom. The van der Waals surface area contributed by atoms with Gasteiger partial charge < -0.3 is 9.72 Å². The molecule has 0 aliphatic carbocycles. The molecule has 0 saturated heterocycles. The van der Waals surface area contributed by atoms with Crippen LogP contribution in [0.5, 0.6) is 5.75 Å². The lowest BCUT2D eigenvalue weighted by Crippen LogP contribution is -2.11. The first-order valence-electron chi connectivity index (χ1n) is 8.99. The van der Waals surface area contributed by atoms with Crippen LogP contribution in [-0.4, -0.2) is 31.8 Å². The second kappa shape index (κ2) is 8.32. The highest BCUT2D eigenvalue weighted by Crippen LogP contribution is 2.31. The first kappa shape index (κ1) is 18.9. The average molecular weight is 405 g/mol. The summed E-state index contributed by atoms with van der Waals surface area (Å²) >= 11 is 1.45. The second-order valence-electron chi connectivity index (χ2n) is 6.22. The predicted molar refractivity (Wildman–Crippen MR) is 114 cm³/mol. The topological polar surface area (TPSA) is 85.7 Å². The van der Waals surface area contributed by atoms with Crippen LogP contribution in [0.2, 0.25) is 0 Å². The van der Waals surface area contributed by atoms with Crippen molar-refractivity contribution in [3.8, 4) is 17.1 Å². The molecule has 0 spiro atoms. The van der Waals surface area contributed by atoms with Crippen LogP contribution >= 0.6 is 11.8 Å². The molecular weight excluding hydrogens is 386 g/mol. The third kappa shape index (κ3) is 3.79. The standard InChI is InChI=1S/C21H19N5O2S/c1-3-12-26-19(15-9-5-7-11-17(15)28-2)24-25-21(26)29-13-18-22-16-10-6-4-8-14(16)20(27)23-18/h3-11H,1,12-13H2,2H3,(H,22,23,27). The molecule has 2 aromatic carbocycles. The van der Waals surface area contributed by atoms with Crippen molar-refractivity contribution < 1.29 is 4.74 Å². The van der Waals surface area contributed by atoms with E-state index in [1.54, 1.807) is 19.3 Å². The molecule has 0 bridgehead atoms. The minimum Gasteiger partial charge on any atom is -0.496 e. The Balaban J connectivity index is 1.65. The highest BCUT2D eigenvalue weighted by molar-refractivity contribution is 7.98. The first-order valence-corrected chi connectivity index (χ1v) is 9.98. The van der Waals surface area contributed by atoms with Crippen molar-refractivity contribution in [1.29, 1.82) is 0 Å². The Labute approximate surface area is 171 Å². The third-order valence-electron chi connectivity index (χ3n) is 4.38. The number of methoxy groups -OCH3 is 1. The van der Waals surface area contributed by atoms with Gasteiger partial charge >= 0.3 is 0 Å². The summed E-state index contributed by atoms with van der Waals surface area (Å²) in [5, 5.41) is 9.99. The van der Waals surface area contributed by atoms with Gasteiger partial charge in [0.2, 0.25) is 0 Å². The third-order valence-corrected chi connectivity index (χ3v) is 5.35. The van der Waals surface area contributed by atoms with Crippen molar-refractivity contribution in [2.45, 2.75) is 17.5 Å². The SMILES string of the molecule is C=CCn1c(SCc2nc3ccccc3c(=O)[nH]2)nnc1-c1ccccc1OC. The summed E-state index contributed by atoms with van der Waals surface area (Å²) < 4.78 is 7.43. The molecule has 7 nitrogen and oxygen atoms in total. The zero-order valence-corrected chi connectivity index (χ0v) is 16.6. The molecule has 4 rings (SSSR count). The highest BCUT2D eigenvalue weighted by atomic mass is 32.2. The molecule has 2 aromatic heterocycles.